The molecule has 1 fully saturated rings. The molecule has 1 unspecified atom stereocenters. The molecule has 5 nitrogen and oxygen atoms in total. The smallest absolute Gasteiger partial charge is 0.237 e. The van der Waals surface area contributed by atoms with Crippen molar-refractivity contribution in [3.05, 3.63) is 53.5 Å². The lowest BCUT2D eigenvalue weighted by Crippen LogP contribution is -2.42. The van der Waals surface area contributed by atoms with E-state index in [1.807, 2.05) is 30.0 Å². The van der Waals surface area contributed by atoms with Gasteiger partial charge in [0.1, 0.15) is 17.6 Å². The fourth-order valence-corrected chi connectivity index (χ4v) is 3.25. The standard InChI is InChI=1S/C19H24FN3O2/c1-22(2)13-18(24)23-9-4-3-8-17(23)19-21-12-16(25-19)11-14-6-5-7-15(20)10-14/h5-7,10,12,17H,3-4,8-9,11,13H2,1-2H3. The topological polar surface area (TPSA) is 49.6 Å². The second kappa shape index (κ2) is 7.78. The molecule has 1 aliphatic heterocycles. The van der Waals surface area contributed by atoms with Crippen molar-refractivity contribution in [2.45, 2.75) is 31.7 Å². The molecule has 0 aliphatic carbocycles. The Morgan fingerprint density at radius 3 is 3.00 bits per heavy atom. The van der Waals surface area contributed by atoms with Gasteiger partial charge in [-0.3, -0.25) is 4.79 Å². The van der Waals surface area contributed by atoms with Crippen LogP contribution < -0.4 is 0 Å². The summed E-state index contributed by atoms with van der Waals surface area (Å²) in [6.45, 7) is 1.12. The highest BCUT2D eigenvalue weighted by atomic mass is 19.1. The highest BCUT2D eigenvalue weighted by molar-refractivity contribution is 5.78. The first-order valence-electron chi connectivity index (χ1n) is 8.66. The van der Waals surface area contributed by atoms with Gasteiger partial charge in [-0.05, 0) is 51.1 Å². The van der Waals surface area contributed by atoms with Crippen LogP contribution in [0.1, 0.15) is 42.5 Å². The second-order valence-corrected chi connectivity index (χ2v) is 6.81. The molecule has 2 heterocycles. The number of hydrogen-bond donors (Lipinski definition) is 0. The molecule has 0 N–H and O–H groups in total. The number of nitrogens with zero attached hydrogens (tertiary/aromatic N) is 3. The molecular weight excluding hydrogens is 321 g/mol. The summed E-state index contributed by atoms with van der Waals surface area (Å²) in [6.07, 6.45) is 5.09. The number of aromatic nitrogens is 1. The van der Waals surface area contributed by atoms with Crippen molar-refractivity contribution in [2.24, 2.45) is 0 Å². The average Bonchev–Trinajstić information content (AvgIpc) is 3.02. The number of halogens is 1. The van der Waals surface area contributed by atoms with E-state index in [1.165, 1.54) is 12.1 Å². The fourth-order valence-electron chi connectivity index (χ4n) is 3.25. The number of hydrogen-bond acceptors (Lipinski definition) is 4. The maximum Gasteiger partial charge on any atom is 0.237 e. The van der Waals surface area contributed by atoms with Crippen LogP contribution in [0.2, 0.25) is 0 Å². The van der Waals surface area contributed by atoms with E-state index >= 15 is 0 Å². The summed E-state index contributed by atoms with van der Waals surface area (Å²) in [5.41, 5.74) is 0.840. The number of amides is 1. The van der Waals surface area contributed by atoms with Gasteiger partial charge in [0, 0.05) is 13.0 Å². The van der Waals surface area contributed by atoms with Gasteiger partial charge < -0.3 is 14.2 Å². The summed E-state index contributed by atoms with van der Waals surface area (Å²) in [4.78, 5) is 20.7. The molecule has 6 heteroatoms. The molecule has 0 saturated carbocycles. The maximum atomic E-state index is 13.3. The zero-order chi connectivity index (χ0) is 17.8. The first-order valence-corrected chi connectivity index (χ1v) is 8.66. The van der Waals surface area contributed by atoms with Crippen LogP contribution in [-0.2, 0) is 11.2 Å². The number of likely N-dealkylation sites (tertiary alicyclic amines) is 1. The lowest BCUT2D eigenvalue weighted by Gasteiger charge is -2.34. The Hall–Kier alpha value is -2.21. The third-order valence-electron chi connectivity index (χ3n) is 4.40. The van der Waals surface area contributed by atoms with E-state index in [4.69, 9.17) is 4.42 Å². The number of piperidine rings is 1. The molecule has 25 heavy (non-hydrogen) atoms. The second-order valence-electron chi connectivity index (χ2n) is 6.81. The Labute approximate surface area is 147 Å². The zero-order valence-corrected chi connectivity index (χ0v) is 14.7. The van der Waals surface area contributed by atoms with E-state index < -0.39 is 0 Å². The zero-order valence-electron chi connectivity index (χ0n) is 14.7. The molecule has 1 atom stereocenters. The van der Waals surface area contributed by atoms with Crippen molar-refractivity contribution in [3.8, 4) is 0 Å². The molecule has 1 aromatic heterocycles. The summed E-state index contributed by atoms with van der Waals surface area (Å²) in [6, 6.07) is 6.35. The summed E-state index contributed by atoms with van der Waals surface area (Å²) < 4.78 is 19.2. The van der Waals surface area contributed by atoms with Crippen LogP contribution in [0.25, 0.3) is 0 Å². The minimum absolute atomic E-state index is 0.0968. The highest BCUT2D eigenvalue weighted by Crippen LogP contribution is 2.31. The number of likely N-dealkylation sites (N-methyl/N-ethyl adjacent to an activating group) is 1. The summed E-state index contributed by atoms with van der Waals surface area (Å²) in [7, 11) is 3.78. The number of carbonyl (C=O) groups excluding carboxylic acids is 1. The molecule has 134 valence electrons. The lowest BCUT2D eigenvalue weighted by atomic mass is 10.0. The number of carbonyl (C=O) groups is 1. The van der Waals surface area contributed by atoms with Gasteiger partial charge in [0.15, 0.2) is 0 Å². The summed E-state index contributed by atoms with van der Waals surface area (Å²) >= 11 is 0. The van der Waals surface area contributed by atoms with Crippen LogP contribution in [0.5, 0.6) is 0 Å². The summed E-state index contributed by atoms with van der Waals surface area (Å²) in [5.74, 6) is 1.11. The predicted molar refractivity (Wildman–Crippen MR) is 92.6 cm³/mol. The van der Waals surface area contributed by atoms with E-state index in [2.05, 4.69) is 4.98 Å². The van der Waals surface area contributed by atoms with Crippen molar-refractivity contribution in [3.63, 3.8) is 0 Å². The molecular formula is C19H24FN3O2. The molecule has 1 amide bonds. The first kappa shape index (κ1) is 17.6. The number of oxazole rings is 1. The van der Waals surface area contributed by atoms with Gasteiger partial charge >= 0.3 is 0 Å². The van der Waals surface area contributed by atoms with Crippen molar-refractivity contribution >= 4 is 5.91 Å². The van der Waals surface area contributed by atoms with E-state index in [-0.39, 0.29) is 17.8 Å². The van der Waals surface area contributed by atoms with Crippen LogP contribution in [0.15, 0.2) is 34.9 Å². The average molecular weight is 345 g/mol. The van der Waals surface area contributed by atoms with Gasteiger partial charge in [0.2, 0.25) is 11.8 Å². The fraction of sp³-hybridized carbons (Fsp3) is 0.474. The minimum atomic E-state index is -0.259. The van der Waals surface area contributed by atoms with Gasteiger partial charge in [-0.25, -0.2) is 9.37 Å². The van der Waals surface area contributed by atoms with Gasteiger partial charge in [-0.15, -0.1) is 0 Å². The Morgan fingerprint density at radius 2 is 2.24 bits per heavy atom. The van der Waals surface area contributed by atoms with Crippen LogP contribution in [-0.4, -0.2) is 47.9 Å². The van der Waals surface area contributed by atoms with Crippen molar-refractivity contribution < 1.29 is 13.6 Å². The van der Waals surface area contributed by atoms with Gasteiger partial charge in [-0.1, -0.05) is 12.1 Å². The molecule has 1 aliphatic rings. The largest absolute Gasteiger partial charge is 0.443 e. The molecule has 1 aromatic carbocycles. The molecule has 1 saturated heterocycles. The molecule has 0 spiro atoms. The van der Waals surface area contributed by atoms with Crippen LogP contribution in [0.3, 0.4) is 0 Å². The minimum Gasteiger partial charge on any atom is -0.443 e. The number of benzene rings is 1. The Bertz CT molecular complexity index is 729. The van der Waals surface area contributed by atoms with E-state index in [1.54, 1.807) is 12.3 Å². The van der Waals surface area contributed by atoms with Gasteiger partial charge in [0.05, 0.1) is 12.7 Å². The monoisotopic (exact) mass is 345 g/mol. The van der Waals surface area contributed by atoms with E-state index in [0.717, 1.165) is 31.4 Å². The summed E-state index contributed by atoms with van der Waals surface area (Å²) in [5, 5.41) is 0. The van der Waals surface area contributed by atoms with Crippen LogP contribution in [0, 0.1) is 5.82 Å². The van der Waals surface area contributed by atoms with Gasteiger partial charge in [-0.2, -0.15) is 0 Å². The Kier molecular flexibility index (Phi) is 5.48. The Balaban J connectivity index is 1.74. The van der Waals surface area contributed by atoms with Crippen molar-refractivity contribution in [1.29, 1.82) is 0 Å². The predicted octanol–water partition coefficient (Wildman–Crippen LogP) is 3.02. The molecule has 0 radical (unpaired) electrons. The quantitative estimate of drug-likeness (QED) is 0.836. The maximum absolute atomic E-state index is 13.3. The van der Waals surface area contributed by atoms with Crippen molar-refractivity contribution in [1.82, 2.24) is 14.8 Å². The third-order valence-corrected chi connectivity index (χ3v) is 4.40. The molecule has 0 bridgehead atoms. The van der Waals surface area contributed by atoms with Crippen LogP contribution >= 0.6 is 0 Å². The van der Waals surface area contributed by atoms with E-state index in [0.29, 0.717) is 24.6 Å². The molecule has 2 aromatic rings. The van der Waals surface area contributed by atoms with Gasteiger partial charge in [0.25, 0.3) is 0 Å². The normalized spacial score (nSPS) is 17.9. The number of rotatable bonds is 5. The van der Waals surface area contributed by atoms with Crippen LogP contribution in [0.4, 0.5) is 4.39 Å². The first-order chi connectivity index (χ1) is 12.0. The lowest BCUT2D eigenvalue weighted by molar-refractivity contribution is -0.136. The van der Waals surface area contributed by atoms with E-state index in [9.17, 15) is 9.18 Å². The molecule has 3 rings (SSSR count). The highest BCUT2D eigenvalue weighted by Gasteiger charge is 2.31. The SMILES string of the molecule is CN(C)CC(=O)N1CCCCC1c1ncc(Cc2cccc(F)c2)o1. The third kappa shape index (κ3) is 4.45. The Morgan fingerprint density at radius 1 is 1.40 bits per heavy atom. The van der Waals surface area contributed by atoms with Crippen molar-refractivity contribution in [2.75, 3.05) is 27.2 Å².